The molecule has 8 nitrogen and oxygen atoms in total. The number of carboxylic acid groups (broad SMARTS) is 1. The van der Waals surface area contributed by atoms with E-state index in [9.17, 15) is 18.4 Å². The van der Waals surface area contributed by atoms with Gasteiger partial charge in [-0.3, -0.25) is 0 Å². The number of phenolic OH excluding ortho intramolecular Hbond substituents is 1. The van der Waals surface area contributed by atoms with E-state index in [2.05, 4.69) is 5.32 Å². The van der Waals surface area contributed by atoms with Crippen molar-refractivity contribution in [2.45, 2.75) is 6.92 Å². The van der Waals surface area contributed by atoms with E-state index in [-0.39, 0.29) is 41.2 Å². The van der Waals surface area contributed by atoms with E-state index in [1.54, 1.807) is 30.3 Å². The molecule has 1 amide bonds. The normalized spacial score (nSPS) is 9.88. The molecule has 2 rings (SSSR count). The molecule has 10 heteroatoms. The van der Waals surface area contributed by atoms with Crippen LogP contribution < -0.4 is 9.67 Å². The molecule has 0 atom stereocenters. The third-order valence-corrected chi connectivity index (χ3v) is 4.70. The minimum absolute atomic E-state index is 0. The molecule has 130 valence electrons. The fourth-order valence-electron chi connectivity index (χ4n) is 1.62. The summed E-state index contributed by atoms with van der Waals surface area (Å²) >= 11 is -5.15. The van der Waals surface area contributed by atoms with Crippen LogP contribution in [0.1, 0.15) is 17.3 Å². The van der Waals surface area contributed by atoms with Gasteiger partial charge in [0.15, 0.2) is 0 Å². The number of aromatic carboxylic acids is 1. The summed E-state index contributed by atoms with van der Waals surface area (Å²) in [5.74, 6) is -1.71. The van der Waals surface area contributed by atoms with Crippen LogP contribution in [0, 0.1) is 0 Å². The van der Waals surface area contributed by atoms with Gasteiger partial charge in [0.05, 0.1) is 5.56 Å². The van der Waals surface area contributed by atoms with Crippen LogP contribution in [0.15, 0.2) is 48.5 Å². The van der Waals surface area contributed by atoms with Crippen molar-refractivity contribution in [3.8, 4) is 5.75 Å². The van der Waals surface area contributed by atoms with Crippen LogP contribution in [0.5, 0.6) is 5.75 Å². The summed E-state index contributed by atoms with van der Waals surface area (Å²) < 4.78 is 28.4. The maximum absolute atomic E-state index is 11.0. The number of nitrogens with one attached hydrogen (secondary N) is 1. The van der Waals surface area contributed by atoms with Crippen LogP contribution in [0.3, 0.4) is 0 Å². The van der Waals surface area contributed by atoms with Gasteiger partial charge in [0.1, 0.15) is 0 Å². The van der Waals surface area contributed by atoms with Gasteiger partial charge in [-0.05, 0) is 12.1 Å². The number of aromatic hydroxyl groups is 1. The van der Waals surface area contributed by atoms with Crippen molar-refractivity contribution in [2.75, 3.05) is 5.32 Å². The molecular weight excluding hydrogens is 404 g/mol. The fourth-order valence-corrected chi connectivity index (χ4v) is 3.05. The number of benzene rings is 2. The Kier molecular flexibility index (Phi) is 9.81. The van der Waals surface area contributed by atoms with Crippen LogP contribution in [0.4, 0.5) is 5.69 Å². The second-order valence-corrected chi connectivity index (χ2v) is 7.89. The molecule has 0 aromatic heterocycles. The van der Waals surface area contributed by atoms with Gasteiger partial charge >= 0.3 is 124 Å². The Labute approximate surface area is 168 Å². The van der Waals surface area contributed by atoms with Crippen LogP contribution in [0.2, 0.25) is 0 Å². The minimum atomic E-state index is -5.15. The first kappa shape index (κ1) is 23.5. The molecule has 0 aliphatic heterocycles. The molecule has 5 N–H and O–H groups in total. The van der Waals surface area contributed by atoms with Crippen molar-refractivity contribution in [1.82, 2.24) is 0 Å². The van der Waals surface area contributed by atoms with E-state index < -0.39 is 30.2 Å². The van der Waals surface area contributed by atoms with Crippen molar-refractivity contribution in [1.29, 1.82) is 0 Å². The van der Waals surface area contributed by atoms with E-state index >= 15 is 0 Å². The van der Waals surface area contributed by atoms with Crippen molar-refractivity contribution < 1.29 is 31.7 Å². The monoisotopic (exact) mass is 421 g/mol. The van der Waals surface area contributed by atoms with Gasteiger partial charge in [-0.1, -0.05) is 18.2 Å². The molecule has 0 unspecified atom stereocenters. The van der Waals surface area contributed by atoms with Crippen LogP contribution in [-0.2, 0) is 8.53 Å². The van der Waals surface area contributed by atoms with Crippen LogP contribution in [0.25, 0.3) is 0 Å². The first-order chi connectivity index (χ1) is 11.1. The molecule has 2 aromatic carbocycles. The SMILES string of the molecule is CC(=O)Nc1ccc(O)c([As](=O)(O)O)c1.O=C(O)c1ccccc1.[NaH]. The van der Waals surface area contributed by atoms with Gasteiger partial charge in [0.25, 0.3) is 0 Å². The number of phenols is 1. The number of hydrogen-bond donors (Lipinski definition) is 5. The van der Waals surface area contributed by atoms with Crippen molar-refractivity contribution in [3.63, 3.8) is 0 Å². The maximum atomic E-state index is 11.0. The number of carbonyl (C=O) groups excluding carboxylic acids is 1. The second-order valence-electron chi connectivity index (χ2n) is 4.60. The predicted molar refractivity (Wildman–Crippen MR) is 93.5 cm³/mol. The molecule has 0 saturated carbocycles. The zero-order valence-corrected chi connectivity index (χ0v) is 14.5. The third-order valence-electron chi connectivity index (χ3n) is 2.63. The molecule has 0 aliphatic rings. The Morgan fingerprint density at radius 3 is 2.00 bits per heavy atom. The quantitative estimate of drug-likeness (QED) is 0.337. The number of carbonyl (C=O) groups is 2. The van der Waals surface area contributed by atoms with Gasteiger partial charge in [0.2, 0.25) is 0 Å². The molecule has 0 fully saturated rings. The Morgan fingerprint density at radius 1 is 1.04 bits per heavy atom. The molecule has 0 spiro atoms. The zero-order valence-electron chi connectivity index (χ0n) is 12.6. The average molecular weight is 421 g/mol. The Bertz CT molecular complexity index is 777. The van der Waals surface area contributed by atoms with Gasteiger partial charge in [0, 0.05) is 0 Å². The van der Waals surface area contributed by atoms with Crippen LogP contribution in [-0.4, -0.2) is 74.0 Å². The van der Waals surface area contributed by atoms with E-state index in [0.717, 1.165) is 12.1 Å². The van der Waals surface area contributed by atoms with Crippen molar-refractivity contribution >= 4 is 65.6 Å². The number of amides is 1. The van der Waals surface area contributed by atoms with Gasteiger partial charge in [-0.2, -0.15) is 0 Å². The summed E-state index contributed by atoms with van der Waals surface area (Å²) in [6.45, 7) is 1.27. The first-order valence-corrected chi connectivity index (χ1v) is 9.94. The molecule has 0 bridgehead atoms. The van der Waals surface area contributed by atoms with Crippen molar-refractivity contribution in [3.05, 3.63) is 54.1 Å². The molecule has 0 heterocycles. The molecular formula is C15H17AsNNaO7. The fraction of sp³-hybridized carbons (Fsp3) is 0.0667. The van der Waals surface area contributed by atoms with E-state index in [1.807, 2.05) is 0 Å². The summed E-state index contributed by atoms with van der Waals surface area (Å²) in [5.41, 5.74) is 0.567. The second kappa shape index (κ2) is 10.4. The molecule has 0 radical (unpaired) electrons. The summed E-state index contributed by atoms with van der Waals surface area (Å²) in [4.78, 5) is 20.9. The average Bonchev–Trinajstić information content (AvgIpc) is 2.49. The Morgan fingerprint density at radius 2 is 1.60 bits per heavy atom. The van der Waals surface area contributed by atoms with Gasteiger partial charge in [-0.15, -0.1) is 0 Å². The molecule has 0 saturated heterocycles. The topological polar surface area (TPSA) is 144 Å². The summed E-state index contributed by atoms with van der Waals surface area (Å²) in [5, 5.41) is 20.0. The number of carboxylic acids is 1. The number of hydrogen-bond acceptors (Lipinski definition) is 4. The first-order valence-electron chi connectivity index (χ1n) is 6.56. The standard InChI is InChI=1S/C8H10AsNO5.C7H6O2.Na.H/c1-5(11)10-6-2-3-8(12)7(4-6)9(13,14)15;8-7(9)6-4-2-1-3-5-6;;/h2-4,12H,1H3,(H,10,11)(H2,13,14,15);1-5H,(H,8,9);;. The number of rotatable bonds is 3. The summed E-state index contributed by atoms with van der Waals surface area (Å²) in [6, 6.07) is 11.8. The zero-order chi connectivity index (χ0) is 18.3. The summed E-state index contributed by atoms with van der Waals surface area (Å²) in [7, 11) is 0. The van der Waals surface area contributed by atoms with E-state index in [1.165, 1.54) is 13.0 Å². The van der Waals surface area contributed by atoms with E-state index in [0.29, 0.717) is 5.56 Å². The predicted octanol–water partition coefficient (Wildman–Crippen LogP) is -0.352. The third kappa shape index (κ3) is 8.40. The Hall–Kier alpha value is -1.54. The summed E-state index contributed by atoms with van der Waals surface area (Å²) in [6.07, 6.45) is 0. The molecule has 2 aromatic rings. The van der Waals surface area contributed by atoms with E-state index in [4.69, 9.17) is 13.3 Å². The molecule has 25 heavy (non-hydrogen) atoms. The van der Waals surface area contributed by atoms with Crippen molar-refractivity contribution in [2.24, 2.45) is 0 Å². The number of anilines is 1. The van der Waals surface area contributed by atoms with Crippen LogP contribution >= 0.6 is 0 Å². The van der Waals surface area contributed by atoms with Gasteiger partial charge in [-0.25, -0.2) is 4.79 Å². The molecule has 0 aliphatic carbocycles. The Balaban J connectivity index is 0.000000495. The van der Waals surface area contributed by atoms with Gasteiger partial charge < -0.3 is 5.11 Å².